The van der Waals surface area contributed by atoms with Crippen molar-refractivity contribution in [2.45, 2.75) is 45.3 Å². The second-order valence-corrected chi connectivity index (χ2v) is 7.43. The minimum Gasteiger partial charge on any atom is -0.354 e. The number of likely N-dealkylation sites (N-methyl/N-ethyl adjacent to an activating group) is 1. The van der Waals surface area contributed by atoms with E-state index in [4.69, 9.17) is 0 Å². The normalized spacial score (nSPS) is 16.0. The standard InChI is InChI=1S/C20H33N5O.HI/c1-16(2)22-20(21-14-19(26)24(3)4)23-18-10-12-25(13-11-18)15-17-8-6-5-7-9-17;/h5-9,16,18H,10-15H2,1-4H3,(H2,21,22,23);1H. The number of aliphatic imine (C=N–C) groups is 1. The van der Waals surface area contributed by atoms with Crippen molar-refractivity contribution in [3.8, 4) is 0 Å². The molecule has 1 aromatic carbocycles. The van der Waals surface area contributed by atoms with Crippen LogP contribution in [0.5, 0.6) is 0 Å². The van der Waals surface area contributed by atoms with Crippen LogP contribution in [0.1, 0.15) is 32.3 Å². The molecule has 0 bridgehead atoms. The van der Waals surface area contributed by atoms with Gasteiger partial charge in [0.05, 0.1) is 0 Å². The van der Waals surface area contributed by atoms with E-state index in [1.807, 2.05) is 0 Å². The highest BCUT2D eigenvalue weighted by atomic mass is 127. The molecular formula is C20H34IN5O. The van der Waals surface area contributed by atoms with E-state index in [9.17, 15) is 4.79 Å². The molecule has 1 amide bonds. The van der Waals surface area contributed by atoms with Crippen molar-refractivity contribution in [3.63, 3.8) is 0 Å². The number of hydrogen-bond acceptors (Lipinski definition) is 3. The Kier molecular flexibility index (Phi) is 10.7. The largest absolute Gasteiger partial charge is 0.354 e. The first-order chi connectivity index (χ1) is 12.4. The summed E-state index contributed by atoms with van der Waals surface area (Å²) in [6, 6.07) is 11.3. The third-order valence-electron chi connectivity index (χ3n) is 4.47. The van der Waals surface area contributed by atoms with Gasteiger partial charge in [0, 0.05) is 45.8 Å². The van der Waals surface area contributed by atoms with Crippen LogP contribution in [-0.2, 0) is 11.3 Å². The molecule has 0 unspecified atom stereocenters. The Balaban J connectivity index is 0.00000364. The predicted octanol–water partition coefficient (Wildman–Crippen LogP) is 2.30. The van der Waals surface area contributed by atoms with Gasteiger partial charge in [-0.05, 0) is 32.3 Å². The maximum atomic E-state index is 11.8. The number of halogens is 1. The van der Waals surface area contributed by atoms with Crippen LogP contribution in [0.15, 0.2) is 35.3 Å². The van der Waals surface area contributed by atoms with Gasteiger partial charge in [-0.25, -0.2) is 4.99 Å². The zero-order chi connectivity index (χ0) is 18.9. The number of hydrogen-bond donors (Lipinski definition) is 2. The molecule has 1 saturated heterocycles. The van der Waals surface area contributed by atoms with Crippen LogP contribution in [0.4, 0.5) is 0 Å². The first-order valence-corrected chi connectivity index (χ1v) is 9.48. The van der Waals surface area contributed by atoms with Gasteiger partial charge in [0.25, 0.3) is 0 Å². The quantitative estimate of drug-likeness (QED) is 0.368. The van der Waals surface area contributed by atoms with Crippen molar-refractivity contribution >= 4 is 35.8 Å². The van der Waals surface area contributed by atoms with Gasteiger partial charge in [-0.15, -0.1) is 24.0 Å². The van der Waals surface area contributed by atoms with Crippen molar-refractivity contribution in [1.29, 1.82) is 0 Å². The summed E-state index contributed by atoms with van der Waals surface area (Å²) in [4.78, 5) is 20.3. The van der Waals surface area contributed by atoms with Crippen LogP contribution in [0.3, 0.4) is 0 Å². The zero-order valence-electron chi connectivity index (χ0n) is 16.9. The lowest BCUT2D eigenvalue weighted by atomic mass is 10.0. The second kappa shape index (κ2) is 12.2. The topological polar surface area (TPSA) is 60.0 Å². The second-order valence-electron chi connectivity index (χ2n) is 7.43. The highest BCUT2D eigenvalue weighted by Crippen LogP contribution is 2.13. The van der Waals surface area contributed by atoms with E-state index in [1.165, 1.54) is 5.56 Å². The molecule has 2 rings (SSSR count). The molecule has 0 spiro atoms. The third-order valence-corrected chi connectivity index (χ3v) is 4.47. The molecule has 0 radical (unpaired) electrons. The SMILES string of the molecule is CC(C)NC(=NCC(=O)N(C)C)NC1CCN(Cc2ccccc2)CC1.I. The van der Waals surface area contributed by atoms with Gasteiger partial charge in [0.1, 0.15) is 6.54 Å². The highest BCUT2D eigenvalue weighted by molar-refractivity contribution is 14.0. The molecule has 0 aliphatic carbocycles. The van der Waals surface area contributed by atoms with E-state index >= 15 is 0 Å². The molecule has 0 aromatic heterocycles. The molecule has 1 aliphatic rings. The molecule has 0 saturated carbocycles. The summed E-state index contributed by atoms with van der Waals surface area (Å²) in [7, 11) is 3.51. The lowest BCUT2D eigenvalue weighted by Crippen LogP contribution is -2.50. The summed E-state index contributed by atoms with van der Waals surface area (Å²) in [6.45, 7) is 7.47. The highest BCUT2D eigenvalue weighted by Gasteiger charge is 2.20. The van der Waals surface area contributed by atoms with E-state index in [2.05, 4.69) is 64.7 Å². The molecule has 1 aliphatic heterocycles. The van der Waals surface area contributed by atoms with Crippen LogP contribution >= 0.6 is 24.0 Å². The molecule has 27 heavy (non-hydrogen) atoms. The molecule has 1 fully saturated rings. The number of benzene rings is 1. The first-order valence-electron chi connectivity index (χ1n) is 9.48. The Hall–Kier alpha value is -1.35. The van der Waals surface area contributed by atoms with Crippen LogP contribution in [0.25, 0.3) is 0 Å². The smallest absolute Gasteiger partial charge is 0.243 e. The Labute approximate surface area is 180 Å². The summed E-state index contributed by atoms with van der Waals surface area (Å²) < 4.78 is 0. The Morgan fingerprint density at radius 3 is 2.41 bits per heavy atom. The average Bonchev–Trinajstić information content (AvgIpc) is 2.61. The maximum Gasteiger partial charge on any atom is 0.243 e. The van der Waals surface area contributed by atoms with Crippen LogP contribution in [0.2, 0.25) is 0 Å². The van der Waals surface area contributed by atoms with Gasteiger partial charge in [0.15, 0.2) is 5.96 Å². The van der Waals surface area contributed by atoms with Gasteiger partial charge >= 0.3 is 0 Å². The van der Waals surface area contributed by atoms with Gasteiger partial charge < -0.3 is 15.5 Å². The van der Waals surface area contributed by atoms with Crippen molar-refractivity contribution in [3.05, 3.63) is 35.9 Å². The summed E-state index contributed by atoms with van der Waals surface area (Å²) in [5, 5.41) is 6.83. The van der Waals surface area contributed by atoms with Crippen LogP contribution in [-0.4, -0.2) is 67.5 Å². The summed E-state index contributed by atoms with van der Waals surface area (Å²) >= 11 is 0. The van der Waals surface area contributed by atoms with Crippen LogP contribution in [0, 0.1) is 0 Å². The van der Waals surface area contributed by atoms with E-state index in [0.717, 1.165) is 38.4 Å². The van der Waals surface area contributed by atoms with Crippen molar-refractivity contribution in [2.24, 2.45) is 4.99 Å². The van der Waals surface area contributed by atoms with Crippen molar-refractivity contribution in [2.75, 3.05) is 33.7 Å². The minimum atomic E-state index is 0. The number of piperidine rings is 1. The van der Waals surface area contributed by atoms with Crippen molar-refractivity contribution < 1.29 is 4.79 Å². The number of likely N-dealkylation sites (tertiary alicyclic amines) is 1. The number of amides is 1. The number of rotatable bonds is 6. The number of nitrogens with zero attached hydrogens (tertiary/aromatic N) is 3. The molecule has 1 aromatic rings. The number of carbonyl (C=O) groups is 1. The summed E-state index contributed by atoms with van der Waals surface area (Å²) in [5.74, 6) is 0.740. The van der Waals surface area contributed by atoms with Gasteiger partial charge in [0.2, 0.25) is 5.91 Å². The van der Waals surface area contributed by atoms with Gasteiger partial charge in [-0.1, -0.05) is 30.3 Å². The predicted molar refractivity (Wildman–Crippen MR) is 123 cm³/mol. The van der Waals surface area contributed by atoms with Crippen LogP contribution < -0.4 is 10.6 Å². The van der Waals surface area contributed by atoms with E-state index in [-0.39, 0.29) is 42.5 Å². The number of carbonyl (C=O) groups excluding carboxylic acids is 1. The lowest BCUT2D eigenvalue weighted by Gasteiger charge is -2.33. The summed E-state index contributed by atoms with van der Waals surface area (Å²) in [5.41, 5.74) is 1.37. The fraction of sp³-hybridized carbons (Fsp3) is 0.600. The van der Waals surface area contributed by atoms with E-state index in [1.54, 1.807) is 19.0 Å². The average molecular weight is 487 g/mol. The Bertz CT molecular complexity index is 583. The molecule has 7 heteroatoms. The zero-order valence-corrected chi connectivity index (χ0v) is 19.3. The van der Waals surface area contributed by atoms with Gasteiger partial charge in [-0.3, -0.25) is 9.69 Å². The van der Waals surface area contributed by atoms with E-state index in [0.29, 0.717) is 6.04 Å². The first kappa shape index (κ1) is 23.7. The molecule has 6 nitrogen and oxygen atoms in total. The third kappa shape index (κ3) is 8.92. The molecule has 152 valence electrons. The lowest BCUT2D eigenvalue weighted by molar-refractivity contribution is -0.127. The summed E-state index contributed by atoms with van der Waals surface area (Å²) in [6.07, 6.45) is 2.15. The molecule has 0 atom stereocenters. The minimum absolute atomic E-state index is 0. The van der Waals surface area contributed by atoms with E-state index < -0.39 is 0 Å². The fourth-order valence-electron chi connectivity index (χ4n) is 2.96. The Morgan fingerprint density at radius 2 is 1.85 bits per heavy atom. The number of guanidine groups is 1. The monoisotopic (exact) mass is 487 g/mol. The molecule has 2 N–H and O–H groups in total. The van der Waals surface area contributed by atoms with Gasteiger partial charge in [-0.2, -0.15) is 0 Å². The number of nitrogens with one attached hydrogen (secondary N) is 2. The fourth-order valence-corrected chi connectivity index (χ4v) is 2.96. The Morgan fingerprint density at radius 1 is 1.22 bits per heavy atom. The maximum absolute atomic E-state index is 11.8. The molecular weight excluding hydrogens is 453 g/mol. The van der Waals surface area contributed by atoms with Crippen molar-refractivity contribution in [1.82, 2.24) is 20.4 Å². The molecule has 1 heterocycles.